The van der Waals surface area contributed by atoms with Crippen molar-refractivity contribution in [2.24, 2.45) is 29.6 Å². The Balaban J connectivity index is 2.31. The van der Waals surface area contributed by atoms with Gasteiger partial charge in [0.1, 0.15) is 0 Å². The van der Waals surface area contributed by atoms with E-state index in [0.717, 1.165) is 19.6 Å². The van der Waals surface area contributed by atoms with Crippen molar-refractivity contribution in [3.05, 3.63) is 0 Å². The first-order valence-corrected chi connectivity index (χ1v) is 8.39. The number of rotatable bonds is 7. The minimum Gasteiger partial charge on any atom is -0.356 e. The van der Waals surface area contributed by atoms with Crippen molar-refractivity contribution < 1.29 is 4.79 Å². The van der Waals surface area contributed by atoms with Crippen molar-refractivity contribution in [1.82, 2.24) is 10.6 Å². The van der Waals surface area contributed by atoms with E-state index in [-0.39, 0.29) is 5.91 Å². The Bertz CT molecular complexity index is 275. The Hall–Kier alpha value is -0.570. The molecule has 1 aliphatic rings. The molecule has 2 N–H and O–H groups in total. The molecule has 1 rings (SSSR count). The number of carbonyl (C=O) groups excluding carboxylic acids is 1. The number of carbonyl (C=O) groups is 1. The highest BCUT2D eigenvalue weighted by molar-refractivity contribution is 5.76. The van der Waals surface area contributed by atoms with Crippen LogP contribution in [0.1, 0.15) is 53.9 Å². The van der Waals surface area contributed by atoms with Gasteiger partial charge in [0, 0.05) is 13.0 Å². The molecule has 0 saturated carbocycles. The molecule has 2 atom stereocenters. The van der Waals surface area contributed by atoms with E-state index < -0.39 is 0 Å². The van der Waals surface area contributed by atoms with Crippen LogP contribution < -0.4 is 10.6 Å². The lowest BCUT2D eigenvalue weighted by Crippen LogP contribution is -2.37. The van der Waals surface area contributed by atoms with Gasteiger partial charge in [0.05, 0.1) is 0 Å². The van der Waals surface area contributed by atoms with Gasteiger partial charge in [-0.15, -0.1) is 0 Å². The molecule has 1 fully saturated rings. The summed E-state index contributed by atoms with van der Waals surface area (Å²) >= 11 is 0. The third-order valence-electron chi connectivity index (χ3n) is 4.89. The van der Waals surface area contributed by atoms with E-state index in [0.29, 0.717) is 36.0 Å². The van der Waals surface area contributed by atoms with Crippen molar-refractivity contribution in [3.63, 3.8) is 0 Å². The van der Waals surface area contributed by atoms with Crippen LogP contribution >= 0.6 is 0 Å². The van der Waals surface area contributed by atoms with Crippen LogP contribution in [-0.4, -0.2) is 25.5 Å². The molecule has 0 radical (unpaired) electrons. The zero-order valence-corrected chi connectivity index (χ0v) is 14.0. The van der Waals surface area contributed by atoms with Crippen LogP contribution in [0.5, 0.6) is 0 Å². The first kappa shape index (κ1) is 17.5. The zero-order valence-electron chi connectivity index (χ0n) is 14.0. The average molecular weight is 282 g/mol. The third-order valence-corrected chi connectivity index (χ3v) is 4.89. The maximum Gasteiger partial charge on any atom is 0.220 e. The Morgan fingerprint density at radius 3 is 2.35 bits per heavy atom. The van der Waals surface area contributed by atoms with Gasteiger partial charge >= 0.3 is 0 Å². The third kappa shape index (κ3) is 5.82. The minimum atomic E-state index is 0.231. The summed E-state index contributed by atoms with van der Waals surface area (Å²) < 4.78 is 0. The Labute approximate surface area is 125 Å². The Morgan fingerprint density at radius 2 is 1.85 bits per heavy atom. The summed E-state index contributed by atoms with van der Waals surface area (Å²) in [6, 6.07) is 0. The highest BCUT2D eigenvalue weighted by Crippen LogP contribution is 2.23. The number of amides is 1. The maximum atomic E-state index is 12.1. The standard InChI is InChI=1S/C17H34N2O/c1-12(2)16(13(3)4)11-19-17(20)9-14(5)15-7-6-8-18-10-15/h12-16,18H,6-11H2,1-5H3,(H,19,20). The van der Waals surface area contributed by atoms with E-state index in [1.165, 1.54) is 12.8 Å². The summed E-state index contributed by atoms with van der Waals surface area (Å²) in [7, 11) is 0. The quantitative estimate of drug-likeness (QED) is 0.753. The van der Waals surface area contributed by atoms with Crippen LogP contribution in [0.3, 0.4) is 0 Å². The van der Waals surface area contributed by atoms with Gasteiger partial charge in [-0.2, -0.15) is 0 Å². The smallest absolute Gasteiger partial charge is 0.220 e. The monoisotopic (exact) mass is 282 g/mol. The Morgan fingerprint density at radius 1 is 1.20 bits per heavy atom. The van der Waals surface area contributed by atoms with Gasteiger partial charge in [0.2, 0.25) is 5.91 Å². The van der Waals surface area contributed by atoms with Crippen LogP contribution in [0.4, 0.5) is 0 Å². The molecule has 0 spiro atoms. The van der Waals surface area contributed by atoms with Gasteiger partial charge < -0.3 is 10.6 Å². The molecule has 3 nitrogen and oxygen atoms in total. The zero-order chi connectivity index (χ0) is 15.1. The van der Waals surface area contributed by atoms with Gasteiger partial charge in [-0.25, -0.2) is 0 Å². The molecular weight excluding hydrogens is 248 g/mol. The summed E-state index contributed by atoms with van der Waals surface area (Å²) in [5, 5.41) is 6.59. The summed E-state index contributed by atoms with van der Waals surface area (Å²) in [4.78, 5) is 12.1. The topological polar surface area (TPSA) is 41.1 Å². The molecule has 1 saturated heterocycles. The van der Waals surface area contributed by atoms with Crippen molar-refractivity contribution in [2.45, 2.75) is 53.9 Å². The molecule has 0 aromatic heterocycles. The summed E-state index contributed by atoms with van der Waals surface area (Å²) in [5.74, 6) is 3.20. The van der Waals surface area contributed by atoms with Crippen LogP contribution in [-0.2, 0) is 4.79 Å². The van der Waals surface area contributed by atoms with E-state index in [4.69, 9.17) is 0 Å². The summed E-state index contributed by atoms with van der Waals surface area (Å²) in [5.41, 5.74) is 0. The molecule has 0 aromatic rings. The predicted octanol–water partition coefficient (Wildman–Crippen LogP) is 3.06. The fraction of sp³-hybridized carbons (Fsp3) is 0.941. The lowest BCUT2D eigenvalue weighted by atomic mass is 9.84. The molecule has 2 unspecified atom stereocenters. The molecular formula is C17H34N2O. The van der Waals surface area contributed by atoms with Gasteiger partial charge in [0.25, 0.3) is 0 Å². The summed E-state index contributed by atoms with van der Waals surface area (Å²) in [6.45, 7) is 14.2. The second kappa shape index (κ2) is 8.66. The second-order valence-electron chi connectivity index (χ2n) is 7.24. The molecule has 3 heteroatoms. The van der Waals surface area contributed by atoms with E-state index in [1.54, 1.807) is 0 Å². The molecule has 1 heterocycles. The predicted molar refractivity (Wildman–Crippen MR) is 85.6 cm³/mol. The summed E-state index contributed by atoms with van der Waals surface area (Å²) in [6.07, 6.45) is 3.19. The maximum absolute atomic E-state index is 12.1. The first-order chi connectivity index (χ1) is 9.41. The normalized spacial score (nSPS) is 21.5. The molecule has 1 amide bonds. The van der Waals surface area contributed by atoms with Crippen molar-refractivity contribution in [1.29, 1.82) is 0 Å². The minimum absolute atomic E-state index is 0.231. The fourth-order valence-corrected chi connectivity index (χ4v) is 3.37. The number of hydrogen-bond acceptors (Lipinski definition) is 2. The fourth-order valence-electron chi connectivity index (χ4n) is 3.37. The molecule has 0 aliphatic carbocycles. The second-order valence-corrected chi connectivity index (χ2v) is 7.24. The number of piperidine rings is 1. The van der Waals surface area contributed by atoms with Crippen LogP contribution in [0.2, 0.25) is 0 Å². The van der Waals surface area contributed by atoms with Crippen LogP contribution in [0.15, 0.2) is 0 Å². The molecule has 20 heavy (non-hydrogen) atoms. The van der Waals surface area contributed by atoms with Gasteiger partial charge in [-0.05, 0) is 55.5 Å². The van der Waals surface area contributed by atoms with Gasteiger partial charge in [-0.3, -0.25) is 4.79 Å². The lowest BCUT2D eigenvalue weighted by molar-refractivity contribution is -0.122. The van der Waals surface area contributed by atoms with Crippen molar-refractivity contribution in [2.75, 3.05) is 19.6 Å². The first-order valence-electron chi connectivity index (χ1n) is 8.39. The number of hydrogen-bond donors (Lipinski definition) is 2. The van der Waals surface area contributed by atoms with Gasteiger partial charge in [-0.1, -0.05) is 34.6 Å². The highest BCUT2D eigenvalue weighted by atomic mass is 16.1. The van der Waals surface area contributed by atoms with E-state index in [2.05, 4.69) is 45.3 Å². The average Bonchev–Trinajstić information content (AvgIpc) is 2.39. The largest absolute Gasteiger partial charge is 0.356 e. The van der Waals surface area contributed by atoms with Crippen molar-refractivity contribution >= 4 is 5.91 Å². The van der Waals surface area contributed by atoms with Crippen molar-refractivity contribution in [3.8, 4) is 0 Å². The molecule has 0 aromatic carbocycles. The van der Waals surface area contributed by atoms with Crippen LogP contribution in [0, 0.1) is 29.6 Å². The van der Waals surface area contributed by atoms with Crippen LogP contribution in [0.25, 0.3) is 0 Å². The van der Waals surface area contributed by atoms with E-state index >= 15 is 0 Å². The number of nitrogens with one attached hydrogen (secondary N) is 2. The highest BCUT2D eigenvalue weighted by Gasteiger charge is 2.23. The lowest BCUT2D eigenvalue weighted by Gasteiger charge is -2.29. The SMILES string of the molecule is CC(C)C(CNC(=O)CC(C)C1CCCNC1)C(C)C. The van der Waals surface area contributed by atoms with E-state index in [1.807, 2.05) is 0 Å². The van der Waals surface area contributed by atoms with Gasteiger partial charge in [0.15, 0.2) is 0 Å². The molecule has 118 valence electrons. The molecule has 0 bridgehead atoms. The molecule has 1 aliphatic heterocycles. The van der Waals surface area contributed by atoms with E-state index in [9.17, 15) is 4.79 Å². The Kier molecular flexibility index (Phi) is 7.57.